The fourth-order valence-electron chi connectivity index (χ4n) is 4.27. The highest BCUT2D eigenvalue weighted by atomic mass is 16.5. The van der Waals surface area contributed by atoms with Gasteiger partial charge in [-0.2, -0.15) is 4.98 Å². The molecule has 1 aromatic rings. The van der Waals surface area contributed by atoms with E-state index in [4.69, 9.17) is 4.52 Å². The Balaban J connectivity index is 1.28. The Bertz CT molecular complexity index is 755. The van der Waals surface area contributed by atoms with E-state index in [1.165, 1.54) is 4.90 Å². The van der Waals surface area contributed by atoms with Crippen molar-refractivity contribution in [2.75, 3.05) is 20.1 Å². The number of allylic oxidation sites excluding steroid dienone is 2. The molecule has 9 nitrogen and oxygen atoms in total. The second-order valence-electron chi connectivity index (χ2n) is 6.91. The van der Waals surface area contributed by atoms with Gasteiger partial charge in [0.15, 0.2) is 11.8 Å². The molecule has 0 spiro atoms. The van der Waals surface area contributed by atoms with Crippen LogP contribution in [0, 0.1) is 30.6 Å². The molecule has 2 amide bonds. The van der Waals surface area contributed by atoms with Gasteiger partial charge in [0, 0.05) is 27.1 Å². The Morgan fingerprint density at radius 3 is 2.54 bits per heavy atom. The molecule has 3 aliphatic rings. The molecule has 2 heterocycles. The lowest BCUT2D eigenvalue weighted by atomic mass is 9.85. The monoisotopic (exact) mass is 358 g/mol. The molecular weight excluding hydrogens is 336 g/mol. The maximum Gasteiger partial charge on any atom is 0.233 e. The van der Waals surface area contributed by atoms with E-state index in [0.717, 1.165) is 6.42 Å². The molecule has 4 atom stereocenters. The number of likely N-dealkylation sites (tertiary alicyclic amines) is 1. The van der Waals surface area contributed by atoms with Crippen LogP contribution in [0.4, 0.5) is 0 Å². The van der Waals surface area contributed by atoms with E-state index < -0.39 is 0 Å². The second-order valence-corrected chi connectivity index (χ2v) is 6.91. The summed E-state index contributed by atoms with van der Waals surface area (Å²) in [6, 6.07) is 0. The first-order valence-electron chi connectivity index (χ1n) is 8.85. The normalized spacial score (nSPS) is 29.6. The average molecular weight is 358 g/mol. The highest BCUT2D eigenvalue weighted by Gasteiger charge is 2.58. The highest BCUT2D eigenvalue weighted by Crippen LogP contribution is 2.52. The standard InChI is InChI=1S/C17H22N6O3/c1-9-21-12(22-26-9)8-20-17(18-2)19-5-6-23-15(24)13-10-3-4-11(7-10)14(13)16(23)25/h3-4,10-11,13-14H,5-8H2,1-2H3,(H2,18,19,20). The summed E-state index contributed by atoms with van der Waals surface area (Å²) < 4.78 is 4.91. The number of imide groups is 1. The molecule has 2 N–H and O–H groups in total. The second kappa shape index (κ2) is 6.54. The minimum Gasteiger partial charge on any atom is -0.355 e. The van der Waals surface area contributed by atoms with Gasteiger partial charge in [0.2, 0.25) is 17.7 Å². The summed E-state index contributed by atoms with van der Waals surface area (Å²) in [5.41, 5.74) is 0. The molecule has 1 saturated carbocycles. The Kier molecular flexibility index (Phi) is 4.21. The van der Waals surface area contributed by atoms with E-state index in [2.05, 4.69) is 37.9 Å². The molecule has 2 fully saturated rings. The zero-order valence-electron chi connectivity index (χ0n) is 14.8. The van der Waals surface area contributed by atoms with Crippen molar-refractivity contribution < 1.29 is 14.1 Å². The number of hydrogen-bond acceptors (Lipinski definition) is 6. The topological polar surface area (TPSA) is 113 Å². The summed E-state index contributed by atoms with van der Waals surface area (Å²) >= 11 is 0. The number of carbonyl (C=O) groups excluding carboxylic acids is 2. The lowest BCUT2D eigenvalue weighted by Gasteiger charge is -2.18. The molecule has 0 aromatic carbocycles. The Morgan fingerprint density at radius 1 is 1.27 bits per heavy atom. The summed E-state index contributed by atoms with van der Waals surface area (Å²) in [5.74, 6) is 1.74. The fourth-order valence-corrected chi connectivity index (χ4v) is 4.27. The molecule has 138 valence electrons. The third-order valence-electron chi connectivity index (χ3n) is 5.40. The molecule has 1 aliphatic heterocycles. The maximum atomic E-state index is 12.6. The van der Waals surface area contributed by atoms with Crippen LogP contribution in [0.3, 0.4) is 0 Å². The van der Waals surface area contributed by atoms with Crippen molar-refractivity contribution in [3.63, 3.8) is 0 Å². The predicted molar refractivity (Wildman–Crippen MR) is 91.7 cm³/mol. The Morgan fingerprint density at radius 2 is 1.96 bits per heavy atom. The van der Waals surface area contributed by atoms with Gasteiger partial charge in [0.05, 0.1) is 18.4 Å². The molecule has 1 aromatic heterocycles. The summed E-state index contributed by atoms with van der Waals surface area (Å²) in [5, 5.41) is 9.98. The van der Waals surface area contributed by atoms with E-state index >= 15 is 0 Å². The van der Waals surface area contributed by atoms with Crippen molar-refractivity contribution in [3.8, 4) is 0 Å². The number of nitrogens with zero attached hydrogens (tertiary/aromatic N) is 4. The van der Waals surface area contributed by atoms with Crippen LogP contribution in [-0.4, -0.2) is 53.0 Å². The van der Waals surface area contributed by atoms with Gasteiger partial charge in [0.25, 0.3) is 0 Å². The van der Waals surface area contributed by atoms with Gasteiger partial charge in [0.1, 0.15) is 0 Å². The predicted octanol–water partition coefficient (Wildman–Crippen LogP) is -0.150. The smallest absolute Gasteiger partial charge is 0.233 e. The number of amides is 2. The van der Waals surface area contributed by atoms with Crippen molar-refractivity contribution in [3.05, 3.63) is 23.9 Å². The van der Waals surface area contributed by atoms with Crippen molar-refractivity contribution in [2.24, 2.45) is 28.7 Å². The van der Waals surface area contributed by atoms with Crippen LogP contribution in [0.2, 0.25) is 0 Å². The number of nitrogens with one attached hydrogen (secondary N) is 2. The number of aliphatic imine (C=N–C) groups is 1. The molecule has 26 heavy (non-hydrogen) atoms. The first kappa shape index (κ1) is 16.7. The van der Waals surface area contributed by atoms with Gasteiger partial charge in [-0.1, -0.05) is 17.3 Å². The molecule has 2 aliphatic carbocycles. The highest BCUT2D eigenvalue weighted by molar-refractivity contribution is 6.06. The molecule has 0 radical (unpaired) electrons. The minimum atomic E-state index is -0.142. The van der Waals surface area contributed by atoms with Crippen LogP contribution >= 0.6 is 0 Å². The van der Waals surface area contributed by atoms with Gasteiger partial charge in [-0.15, -0.1) is 0 Å². The van der Waals surface area contributed by atoms with Crippen LogP contribution < -0.4 is 10.6 Å². The van der Waals surface area contributed by atoms with Crippen molar-refractivity contribution >= 4 is 17.8 Å². The molecular formula is C17H22N6O3. The molecule has 1 saturated heterocycles. The fraction of sp³-hybridized carbons (Fsp3) is 0.588. The quantitative estimate of drug-likeness (QED) is 0.326. The number of aromatic nitrogens is 2. The zero-order valence-corrected chi connectivity index (χ0v) is 14.8. The van der Waals surface area contributed by atoms with Crippen LogP contribution in [0.5, 0.6) is 0 Å². The van der Waals surface area contributed by atoms with E-state index in [1.807, 2.05) is 0 Å². The summed E-state index contributed by atoms with van der Waals surface area (Å²) in [7, 11) is 1.65. The summed E-state index contributed by atoms with van der Waals surface area (Å²) in [6.07, 6.45) is 5.15. The third-order valence-corrected chi connectivity index (χ3v) is 5.40. The minimum absolute atomic E-state index is 0.0242. The largest absolute Gasteiger partial charge is 0.355 e. The van der Waals surface area contributed by atoms with Gasteiger partial charge < -0.3 is 15.2 Å². The van der Waals surface area contributed by atoms with Gasteiger partial charge in [-0.3, -0.25) is 19.5 Å². The van der Waals surface area contributed by atoms with Gasteiger partial charge in [-0.05, 0) is 18.3 Å². The lowest BCUT2D eigenvalue weighted by Crippen LogP contribution is -2.43. The number of aryl methyl sites for hydroxylation is 1. The third kappa shape index (κ3) is 2.77. The van der Waals surface area contributed by atoms with E-state index in [9.17, 15) is 9.59 Å². The Labute approximate surface area is 150 Å². The van der Waals surface area contributed by atoms with E-state index in [-0.39, 0.29) is 35.5 Å². The molecule has 4 unspecified atom stereocenters. The van der Waals surface area contributed by atoms with Crippen molar-refractivity contribution in [1.82, 2.24) is 25.7 Å². The van der Waals surface area contributed by atoms with Crippen molar-refractivity contribution in [2.45, 2.75) is 19.9 Å². The number of rotatable bonds is 5. The van der Waals surface area contributed by atoms with Gasteiger partial charge >= 0.3 is 0 Å². The number of hydrogen-bond donors (Lipinski definition) is 2. The van der Waals surface area contributed by atoms with E-state index in [1.54, 1.807) is 14.0 Å². The zero-order chi connectivity index (χ0) is 18.3. The lowest BCUT2D eigenvalue weighted by molar-refractivity contribution is -0.140. The SMILES string of the molecule is CN=C(NCCN1C(=O)C2C3C=CC(C3)C2C1=O)NCc1noc(C)n1. The van der Waals surface area contributed by atoms with E-state index in [0.29, 0.717) is 37.3 Å². The Hall–Kier alpha value is -2.71. The summed E-state index contributed by atoms with van der Waals surface area (Å²) in [4.78, 5) is 34.9. The molecule has 9 heteroatoms. The molecule has 2 bridgehead atoms. The van der Waals surface area contributed by atoms with Crippen LogP contribution in [0.1, 0.15) is 18.1 Å². The first-order chi connectivity index (χ1) is 12.6. The maximum absolute atomic E-state index is 12.6. The number of fused-ring (bicyclic) bond motifs is 5. The van der Waals surface area contributed by atoms with Crippen LogP contribution in [0.25, 0.3) is 0 Å². The van der Waals surface area contributed by atoms with Gasteiger partial charge in [-0.25, -0.2) is 0 Å². The number of guanidine groups is 1. The molecule has 4 rings (SSSR count). The van der Waals surface area contributed by atoms with Crippen LogP contribution in [-0.2, 0) is 16.1 Å². The average Bonchev–Trinajstić information content (AvgIpc) is 3.38. The van der Waals surface area contributed by atoms with Crippen molar-refractivity contribution in [1.29, 1.82) is 0 Å². The number of carbonyl (C=O) groups is 2. The summed E-state index contributed by atoms with van der Waals surface area (Å²) in [6.45, 7) is 2.87. The van der Waals surface area contributed by atoms with Crippen LogP contribution in [0.15, 0.2) is 21.7 Å². The first-order valence-corrected chi connectivity index (χ1v) is 8.85.